The zero-order valence-electron chi connectivity index (χ0n) is 11.4. The maximum absolute atomic E-state index is 10.9. The molecule has 0 radical (unpaired) electrons. The molecule has 0 aliphatic carbocycles. The van der Waals surface area contributed by atoms with E-state index in [0.717, 1.165) is 18.5 Å². The standard InChI is InChI=1S/C15H23NO2/c1-10(2)13(8-11(3)15(17)18)9-12-4-6-14(16)7-5-12/h4-7,10-11,13H,8-9,16H2,1-3H3,(H,17,18)/t11?,13-/m1/s1. The van der Waals surface area contributed by atoms with Crippen molar-refractivity contribution in [1.29, 1.82) is 0 Å². The van der Waals surface area contributed by atoms with Crippen molar-refractivity contribution in [1.82, 2.24) is 0 Å². The summed E-state index contributed by atoms with van der Waals surface area (Å²) in [6.45, 7) is 6.08. The largest absolute Gasteiger partial charge is 0.481 e. The Hall–Kier alpha value is -1.51. The van der Waals surface area contributed by atoms with Gasteiger partial charge in [-0.3, -0.25) is 4.79 Å². The van der Waals surface area contributed by atoms with Gasteiger partial charge in [-0.1, -0.05) is 32.9 Å². The van der Waals surface area contributed by atoms with Crippen LogP contribution < -0.4 is 5.73 Å². The Morgan fingerprint density at radius 3 is 2.22 bits per heavy atom. The summed E-state index contributed by atoms with van der Waals surface area (Å²) in [5.41, 5.74) is 7.65. The SMILES string of the molecule is CC(C[C@H](Cc1ccc(N)cc1)C(C)C)C(=O)O. The van der Waals surface area contributed by atoms with E-state index in [4.69, 9.17) is 10.8 Å². The molecule has 3 heteroatoms. The zero-order chi connectivity index (χ0) is 13.7. The minimum Gasteiger partial charge on any atom is -0.481 e. The number of hydrogen-bond donors (Lipinski definition) is 2. The smallest absolute Gasteiger partial charge is 0.306 e. The molecule has 0 aromatic heterocycles. The average molecular weight is 249 g/mol. The molecule has 1 rings (SSSR count). The summed E-state index contributed by atoms with van der Waals surface area (Å²) in [6.07, 6.45) is 1.63. The molecule has 0 bridgehead atoms. The van der Waals surface area contributed by atoms with E-state index in [1.807, 2.05) is 24.3 Å². The number of aliphatic carboxylic acids is 1. The van der Waals surface area contributed by atoms with E-state index in [-0.39, 0.29) is 5.92 Å². The first-order valence-corrected chi connectivity index (χ1v) is 6.47. The Morgan fingerprint density at radius 2 is 1.78 bits per heavy atom. The second kappa shape index (κ2) is 6.43. The van der Waals surface area contributed by atoms with Gasteiger partial charge in [0.05, 0.1) is 5.92 Å². The number of rotatable bonds is 6. The van der Waals surface area contributed by atoms with Crippen LogP contribution in [0.1, 0.15) is 32.8 Å². The minimum absolute atomic E-state index is 0.286. The van der Waals surface area contributed by atoms with Gasteiger partial charge in [-0.2, -0.15) is 0 Å². The molecule has 0 aliphatic rings. The Balaban J connectivity index is 2.68. The predicted molar refractivity (Wildman–Crippen MR) is 74.3 cm³/mol. The highest BCUT2D eigenvalue weighted by Crippen LogP contribution is 2.25. The number of nitrogen functional groups attached to an aromatic ring is 1. The molecule has 3 N–H and O–H groups in total. The zero-order valence-corrected chi connectivity index (χ0v) is 11.4. The second-order valence-corrected chi connectivity index (χ2v) is 5.42. The Kier molecular flexibility index (Phi) is 5.20. The Morgan fingerprint density at radius 1 is 1.22 bits per heavy atom. The van der Waals surface area contributed by atoms with Gasteiger partial charge < -0.3 is 10.8 Å². The van der Waals surface area contributed by atoms with Crippen molar-refractivity contribution in [2.45, 2.75) is 33.6 Å². The molecule has 1 unspecified atom stereocenters. The van der Waals surface area contributed by atoms with Gasteiger partial charge in [0.1, 0.15) is 0 Å². The lowest BCUT2D eigenvalue weighted by Gasteiger charge is -2.23. The van der Waals surface area contributed by atoms with Crippen molar-refractivity contribution in [3.8, 4) is 0 Å². The van der Waals surface area contributed by atoms with Crippen LogP contribution in [-0.2, 0) is 11.2 Å². The van der Waals surface area contributed by atoms with Gasteiger partial charge >= 0.3 is 5.97 Å². The molecule has 0 fully saturated rings. The maximum atomic E-state index is 10.9. The van der Waals surface area contributed by atoms with E-state index in [1.54, 1.807) is 6.92 Å². The summed E-state index contributed by atoms with van der Waals surface area (Å²) >= 11 is 0. The van der Waals surface area contributed by atoms with E-state index in [2.05, 4.69) is 13.8 Å². The van der Waals surface area contributed by atoms with Crippen LogP contribution in [0.5, 0.6) is 0 Å². The van der Waals surface area contributed by atoms with E-state index < -0.39 is 5.97 Å². The summed E-state index contributed by atoms with van der Waals surface area (Å²) in [5, 5.41) is 9.00. The molecule has 18 heavy (non-hydrogen) atoms. The number of benzene rings is 1. The molecule has 0 heterocycles. The highest BCUT2D eigenvalue weighted by atomic mass is 16.4. The van der Waals surface area contributed by atoms with E-state index in [0.29, 0.717) is 11.8 Å². The third kappa shape index (κ3) is 4.40. The van der Waals surface area contributed by atoms with Crippen LogP contribution in [-0.4, -0.2) is 11.1 Å². The van der Waals surface area contributed by atoms with Crippen molar-refractivity contribution in [2.24, 2.45) is 17.8 Å². The molecule has 0 aliphatic heterocycles. The van der Waals surface area contributed by atoms with Crippen LogP contribution >= 0.6 is 0 Å². The molecule has 0 saturated heterocycles. The van der Waals surface area contributed by atoms with Gasteiger partial charge in [0, 0.05) is 5.69 Å². The first-order chi connectivity index (χ1) is 8.40. The molecule has 1 aromatic rings. The molecule has 2 atom stereocenters. The lowest BCUT2D eigenvalue weighted by molar-refractivity contribution is -0.141. The lowest BCUT2D eigenvalue weighted by atomic mass is 9.82. The molecular weight excluding hydrogens is 226 g/mol. The third-order valence-electron chi connectivity index (χ3n) is 3.50. The number of carboxylic acids is 1. The fourth-order valence-electron chi connectivity index (χ4n) is 2.10. The van der Waals surface area contributed by atoms with Crippen LogP contribution in [0.15, 0.2) is 24.3 Å². The van der Waals surface area contributed by atoms with Crippen LogP contribution in [0, 0.1) is 17.8 Å². The van der Waals surface area contributed by atoms with Crippen LogP contribution in [0.25, 0.3) is 0 Å². The summed E-state index contributed by atoms with van der Waals surface area (Å²) < 4.78 is 0. The topological polar surface area (TPSA) is 63.3 Å². The van der Waals surface area contributed by atoms with Gasteiger partial charge in [0.15, 0.2) is 0 Å². The summed E-state index contributed by atoms with van der Waals surface area (Å²) in [6, 6.07) is 7.84. The van der Waals surface area contributed by atoms with Crippen LogP contribution in [0.4, 0.5) is 5.69 Å². The van der Waals surface area contributed by atoms with Gasteiger partial charge in [0.25, 0.3) is 0 Å². The minimum atomic E-state index is -0.710. The van der Waals surface area contributed by atoms with E-state index >= 15 is 0 Å². The molecular formula is C15H23NO2. The third-order valence-corrected chi connectivity index (χ3v) is 3.50. The van der Waals surface area contributed by atoms with Crippen molar-refractivity contribution in [3.05, 3.63) is 29.8 Å². The first-order valence-electron chi connectivity index (χ1n) is 6.47. The summed E-state index contributed by atoms with van der Waals surface area (Å²) in [4.78, 5) is 10.9. The average Bonchev–Trinajstić information content (AvgIpc) is 2.30. The number of anilines is 1. The first kappa shape index (κ1) is 14.6. The van der Waals surface area contributed by atoms with Crippen molar-refractivity contribution in [2.75, 3.05) is 5.73 Å². The van der Waals surface area contributed by atoms with E-state index in [9.17, 15) is 4.79 Å². The molecule has 0 spiro atoms. The fourth-order valence-corrected chi connectivity index (χ4v) is 2.10. The highest BCUT2D eigenvalue weighted by Gasteiger charge is 2.21. The van der Waals surface area contributed by atoms with Gasteiger partial charge in [0.2, 0.25) is 0 Å². The highest BCUT2D eigenvalue weighted by molar-refractivity contribution is 5.69. The monoisotopic (exact) mass is 249 g/mol. The number of carboxylic acid groups (broad SMARTS) is 1. The number of hydrogen-bond acceptors (Lipinski definition) is 2. The normalized spacial score (nSPS) is 14.4. The Bertz CT molecular complexity index is 384. The van der Waals surface area contributed by atoms with Crippen molar-refractivity contribution in [3.63, 3.8) is 0 Å². The molecule has 3 nitrogen and oxygen atoms in total. The van der Waals surface area contributed by atoms with E-state index in [1.165, 1.54) is 5.56 Å². The number of carbonyl (C=O) groups is 1. The quantitative estimate of drug-likeness (QED) is 0.761. The summed E-state index contributed by atoms with van der Waals surface area (Å²) in [7, 11) is 0. The lowest BCUT2D eigenvalue weighted by Crippen LogP contribution is -2.20. The maximum Gasteiger partial charge on any atom is 0.306 e. The fraction of sp³-hybridized carbons (Fsp3) is 0.533. The second-order valence-electron chi connectivity index (χ2n) is 5.42. The van der Waals surface area contributed by atoms with Gasteiger partial charge in [-0.15, -0.1) is 0 Å². The molecule has 0 saturated carbocycles. The van der Waals surface area contributed by atoms with Crippen molar-refractivity contribution < 1.29 is 9.90 Å². The molecule has 100 valence electrons. The summed E-state index contributed by atoms with van der Waals surface area (Å²) in [5.74, 6) is -0.131. The Labute approximate surface area is 109 Å². The van der Waals surface area contributed by atoms with Crippen LogP contribution in [0.3, 0.4) is 0 Å². The van der Waals surface area contributed by atoms with Gasteiger partial charge in [-0.25, -0.2) is 0 Å². The predicted octanol–water partition coefficient (Wildman–Crippen LogP) is 3.19. The van der Waals surface area contributed by atoms with Crippen molar-refractivity contribution >= 4 is 11.7 Å². The number of nitrogens with two attached hydrogens (primary N) is 1. The van der Waals surface area contributed by atoms with Crippen LogP contribution in [0.2, 0.25) is 0 Å². The molecule has 0 amide bonds. The van der Waals surface area contributed by atoms with Gasteiger partial charge in [-0.05, 0) is 42.4 Å². The molecule has 1 aromatic carbocycles.